The Balaban J connectivity index is 2.72. The van der Waals surface area contributed by atoms with Gasteiger partial charge in [0.15, 0.2) is 0 Å². The van der Waals surface area contributed by atoms with E-state index in [1.54, 1.807) is 0 Å². The number of halogens is 3. The number of hydrogen-bond donors (Lipinski definition) is 2. The maximum absolute atomic E-state index is 13.6. The van der Waals surface area contributed by atoms with Crippen LogP contribution in [0, 0.1) is 16.4 Å². The average molecular weight is 319 g/mol. The molecule has 0 bridgehead atoms. The molecule has 0 fully saturated rings. The molecular formula is C9H5BrF2N4S. The van der Waals surface area contributed by atoms with Gasteiger partial charge in [0.2, 0.25) is 10.7 Å². The van der Waals surface area contributed by atoms with Crippen molar-refractivity contribution in [3.8, 4) is 11.4 Å². The molecule has 2 rings (SSSR count). The van der Waals surface area contributed by atoms with Gasteiger partial charge in [-0.25, -0.2) is 13.8 Å². The summed E-state index contributed by atoms with van der Waals surface area (Å²) in [7, 11) is 0. The van der Waals surface area contributed by atoms with E-state index in [0.717, 1.165) is 12.1 Å². The molecule has 4 nitrogen and oxygen atoms in total. The summed E-state index contributed by atoms with van der Waals surface area (Å²) in [5, 5.41) is 0. The number of aromatic nitrogens is 3. The van der Waals surface area contributed by atoms with Crippen LogP contribution in [-0.2, 0) is 0 Å². The van der Waals surface area contributed by atoms with Crippen LogP contribution in [-0.4, -0.2) is 15.0 Å². The van der Waals surface area contributed by atoms with Crippen LogP contribution in [0.3, 0.4) is 0 Å². The van der Waals surface area contributed by atoms with Crippen LogP contribution in [0.25, 0.3) is 11.4 Å². The minimum Gasteiger partial charge on any atom is -0.369 e. The molecule has 0 amide bonds. The van der Waals surface area contributed by atoms with Crippen molar-refractivity contribution in [2.75, 3.05) is 5.73 Å². The Kier molecular flexibility index (Phi) is 3.16. The van der Waals surface area contributed by atoms with E-state index in [-0.39, 0.29) is 26.6 Å². The molecule has 0 aliphatic rings. The van der Waals surface area contributed by atoms with Crippen molar-refractivity contribution >= 4 is 34.1 Å². The Bertz CT molecular complexity index is 620. The van der Waals surface area contributed by atoms with Gasteiger partial charge in [-0.3, -0.25) is 0 Å². The molecule has 0 saturated carbocycles. The van der Waals surface area contributed by atoms with Crippen molar-refractivity contribution < 1.29 is 8.78 Å². The van der Waals surface area contributed by atoms with E-state index < -0.39 is 11.6 Å². The highest BCUT2D eigenvalue weighted by Crippen LogP contribution is 2.26. The fraction of sp³-hybridized carbons (Fsp3) is 0. The molecule has 88 valence electrons. The van der Waals surface area contributed by atoms with Crippen LogP contribution in [0.4, 0.5) is 14.7 Å². The first-order valence-corrected chi connectivity index (χ1v) is 5.56. The molecule has 17 heavy (non-hydrogen) atoms. The number of aromatic amines is 1. The van der Waals surface area contributed by atoms with E-state index in [9.17, 15) is 8.78 Å². The van der Waals surface area contributed by atoms with Crippen molar-refractivity contribution in [2.24, 2.45) is 0 Å². The van der Waals surface area contributed by atoms with Crippen LogP contribution < -0.4 is 5.73 Å². The molecular weight excluding hydrogens is 314 g/mol. The van der Waals surface area contributed by atoms with Crippen LogP contribution >= 0.6 is 28.1 Å². The van der Waals surface area contributed by atoms with Gasteiger partial charge in [-0.05, 0) is 24.4 Å². The summed E-state index contributed by atoms with van der Waals surface area (Å²) in [6.07, 6.45) is 0. The maximum Gasteiger partial charge on any atom is 0.224 e. The predicted molar refractivity (Wildman–Crippen MR) is 64.7 cm³/mol. The van der Waals surface area contributed by atoms with E-state index in [0.29, 0.717) is 0 Å². The van der Waals surface area contributed by atoms with Crippen molar-refractivity contribution in [1.82, 2.24) is 15.0 Å². The lowest BCUT2D eigenvalue weighted by Crippen LogP contribution is -2.02. The molecule has 0 radical (unpaired) electrons. The number of H-pyrrole nitrogens is 1. The zero-order chi connectivity index (χ0) is 12.6. The highest BCUT2D eigenvalue weighted by Gasteiger charge is 2.15. The molecule has 0 atom stereocenters. The Morgan fingerprint density at radius 1 is 1.24 bits per heavy atom. The van der Waals surface area contributed by atoms with E-state index in [4.69, 9.17) is 18.0 Å². The van der Waals surface area contributed by atoms with Gasteiger partial charge in [0, 0.05) is 4.47 Å². The molecule has 1 heterocycles. The average Bonchev–Trinajstić information content (AvgIpc) is 2.13. The molecule has 0 aliphatic carbocycles. The van der Waals surface area contributed by atoms with Crippen LogP contribution in [0.5, 0.6) is 0 Å². The van der Waals surface area contributed by atoms with Gasteiger partial charge in [0.05, 0.1) is 5.56 Å². The van der Waals surface area contributed by atoms with Gasteiger partial charge in [-0.2, -0.15) is 4.98 Å². The van der Waals surface area contributed by atoms with E-state index in [2.05, 4.69) is 30.9 Å². The third kappa shape index (κ3) is 2.47. The number of hydrogen-bond acceptors (Lipinski definition) is 4. The molecule has 1 aromatic heterocycles. The number of benzene rings is 1. The summed E-state index contributed by atoms with van der Waals surface area (Å²) < 4.78 is 27.5. The standard InChI is InChI=1S/C9H5BrF2N4S/c10-3-1-4(11)6(5(12)2-3)7-14-8(13)16-9(17)15-7/h1-2H,(H3,13,14,15,16,17). The molecule has 1 aromatic carbocycles. The van der Waals surface area contributed by atoms with Gasteiger partial charge in [0.1, 0.15) is 17.5 Å². The topological polar surface area (TPSA) is 67.6 Å². The Hall–Kier alpha value is -1.41. The second kappa shape index (κ2) is 4.46. The van der Waals surface area contributed by atoms with Crippen LogP contribution in [0.1, 0.15) is 0 Å². The zero-order valence-corrected chi connectivity index (χ0v) is 10.6. The first kappa shape index (κ1) is 12.1. The minimum atomic E-state index is -0.777. The summed E-state index contributed by atoms with van der Waals surface area (Å²) in [6.45, 7) is 0. The quantitative estimate of drug-likeness (QED) is 0.793. The molecule has 2 aromatic rings. The third-order valence-corrected chi connectivity index (χ3v) is 2.55. The van der Waals surface area contributed by atoms with Gasteiger partial charge < -0.3 is 10.7 Å². The van der Waals surface area contributed by atoms with Crippen molar-refractivity contribution in [1.29, 1.82) is 0 Å². The van der Waals surface area contributed by atoms with E-state index in [1.165, 1.54) is 0 Å². The lowest BCUT2D eigenvalue weighted by molar-refractivity contribution is 0.586. The van der Waals surface area contributed by atoms with Crippen molar-refractivity contribution in [2.45, 2.75) is 0 Å². The lowest BCUT2D eigenvalue weighted by Gasteiger charge is -2.05. The predicted octanol–water partition coefficient (Wildman–Crippen LogP) is 2.82. The molecule has 8 heteroatoms. The fourth-order valence-electron chi connectivity index (χ4n) is 1.29. The summed E-state index contributed by atoms with van der Waals surface area (Å²) in [5.41, 5.74) is 5.07. The lowest BCUT2D eigenvalue weighted by atomic mass is 10.2. The van der Waals surface area contributed by atoms with Gasteiger partial charge in [-0.15, -0.1) is 0 Å². The number of anilines is 1. The van der Waals surface area contributed by atoms with Gasteiger partial charge >= 0.3 is 0 Å². The third-order valence-electron chi connectivity index (χ3n) is 1.91. The first-order valence-electron chi connectivity index (χ1n) is 4.36. The highest BCUT2D eigenvalue weighted by atomic mass is 79.9. The van der Waals surface area contributed by atoms with Gasteiger partial charge in [0.25, 0.3) is 0 Å². The number of rotatable bonds is 1. The number of nitrogens with zero attached hydrogens (tertiary/aromatic N) is 2. The minimum absolute atomic E-state index is 0.0540. The van der Waals surface area contributed by atoms with Crippen LogP contribution in [0.2, 0.25) is 0 Å². The summed E-state index contributed by atoms with van der Waals surface area (Å²) in [4.78, 5) is 9.80. The Morgan fingerprint density at radius 3 is 2.35 bits per heavy atom. The molecule has 0 saturated heterocycles. The SMILES string of the molecule is Nc1nc(=S)nc(-c2c(F)cc(Br)cc2F)[nH]1. The number of nitrogens with one attached hydrogen (secondary N) is 1. The molecule has 3 N–H and O–H groups in total. The van der Waals surface area contributed by atoms with Gasteiger partial charge in [-0.1, -0.05) is 15.9 Å². The summed E-state index contributed by atoms with van der Waals surface area (Å²) in [5.74, 6) is -1.70. The summed E-state index contributed by atoms with van der Waals surface area (Å²) in [6, 6.07) is 2.24. The Morgan fingerprint density at radius 2 is 1.82 bits per heavy atom. The monoisotopic (exact) mass is 318 g/mol. The van der Waals surface area contributed by atoms with Crippen LogP contribution in [0.15, 0.2) is 16.6 Å². The van der Waals surface area contributed by atoms with Crippen molar-refractivity contribution in [3.05, 3.63) is 33.0 Å². The first-order chi connectivity index (χ1) is 7.97. The molecule has 0 unspecified atom stereocenters. The zero-order valence-electron chi connectivity index (χ0n) is 8.17. The second-order valence-electron chi connectivity index (χ2n) is 3.11. The number of nitrogens with two attached hydrogens (primary N) is 1. The fourth-order valence-corrected chi connectivity index (χ4v) is 1.88. The van der Waals surface area contributed by atoms with E-state index >= 15 is 0 Å². The molecule has 0 aliphatic heterocycles. The van der Waals surface area contributed by atoms with Crippen molar-refractivity contribution in [3.63, 3.8) is 0 Å². The summed E-state index contributed by atoms with van der Waals surface area (Å²) >= 11 is 7.70. The van der Waals surface area contributed by atoms with E-state index in [1.807, 2.05) is 0 Å². The molecule has 0 spiro atoms. The normalized spacial score (nSPS) is 10.5. The Labute approximate surface area is 108 Å². The number of nitrogen functional groups attached to an aromatic ring is 1. The highest BCUT2D eigenvalue weighted by molar-refractivity contribution is 9.10. The largest absolute Gasteiger partial charge is 0.369 e. The maximum atomic E-state index is 13.6. The second-order valence-corrected chi connectivity index (χ2v) is 4.39. The smallest absolute Gasteiger partial charge is 0.224 e.